The highest BCUT2D eigenvalue weighted by Crippen LogP contribution is 2.66. The van der Waals surface area contributed by atoms with Crippen molar-refractivity contribution in [3.05, 3.63) is 339 Å². The molecule has 4 aliphatic carbocycles. The number of benzene rings is 9. The number of ketones is 2. The molecule has 4 aliphatic rings. The van der Waals surface area contributed by atoms with E-state index in [-0.39, 0.29) is 22.7 Å². The standard InChI is InChI=1S/C86H50N4O2S4/c1-47-13-23-55(24-14-47)85(56-25-15-48(2)16-26-56)71-41-68-64-34-22-52-38-76(74-36-32-60(94-74)40-70-78(54(45-89)46-90)62-10-6-8-12-66(62)82(70)92)96-84(52)80(64)86(57-27-17-49(3)18-28-57,58-29-19-50(4)20-30-58)72(68)42-67(71)63-33-21-51-37-75(95-83(51)79(63)85)73-35-31-59(93-73)39-69-77(53(43-87)44-88)61-9-5-7-11-65(61)81(69)91/h5-42H,1-4H3. The molecule has 0 unspecified atom stereocenters. The molecular formula is C86H50N4O2S4. The van der Waals surface area contributed by atoms with E-state index in [4.69, 9.17) is 0 Å². The van der Waals surface area contributed by atoms with Crippen molar-refractivity contribution in [3.8, 4) is 66.0 Å². The van der Waals surface area contributed by atoms with Gasteiger partial charge in [-0.3, -0.25) is 9.59 Å². The molecule has 96 heavy (non-hydrogen) atoms. The fourth-order valence-corrected chi connectivity index (χ4v) is 20.0. The smallest absolute Gasteiger partial charge is 0.194 e. The number of carbonyl (C=O) groups is 2. The van der Waals surface area contributed by atoms with Crippen LogP contribution in [0, 0.1) is 73.0 Å². The van der Waals surface area contributed by atoms with E-state index in [1.54, 1.807) is 69.6 Å². The third-order valence-electron chi connectivity index (χ3n) is 19.8. The van der Waals surface area contributed by atoms with Crippen LogP contribution >= 0.6 is 45.3 Å². The van der Waals surface area contributed by atoms with E-state index in [2.05, 4.69) is 210 Å². The van der Waals surface area contributed by atoms with Gasteiger partial charge in [0.25, 0.3) is 0 Å². The number of nitriles is 4. The monoisotopic (exact) mass is 1300 g/mol. The molecule has 0 spiro atoms. The van der Waals surface area contributed by atoms with E-state index < -0.39 is 10.8 Å². The topological polar surface area (TPSA) is 129 Å². The predicted molar refractivity (Wildman–Crippen MR) is 391 cm³/mol. The Morgan fingerprint density at radius 3 is 1.01 bits per heavy atom. The number of aryl methyl sites for hydroxylation is 4. The minimum Gasteiger partial charge on any atom is -0.289 e. The van der Waals surface area contributed by atoms with E-state index in [1.807, 2.05) is 48.6 Å². The van der Waals surface area contributed by atoms with Crippen molar-refractivity contribution in [3.63, 3.8) is 0 Å². The number of Topliss-reactive ketones (excluding diaryl/α,β-unsaturated/α-hetero) is 2. The third kappa shape index (κ3) is 8.48. The summed E-state index contributed by atoms with van der Waals surface area (Å²) in [5.41, 5.74) is 20.8. The second-order valence-corrected chi connectivity index (χ2v) is 29.5. The molecule has 10 heteroatoms. The molecule has 6 nitrogen and oxygen atoms in total. The van der Waals surface area contributed by atoms with Gasteiger partial charge < -0.3 is 0 Å². The first-order valence-electron chi connectivity index (χ1n) is 31.5. The molecule has 4 heterocycles. The van der Waals surface area contributed by atoms with Gasteiger partial charge >= 0.3 is 0 Å². The summed E-state index contributed by atoms with van der Waals surface area (Å²) in [6.45, 7) is 8.60. The molecule has 13 aromatic rings. The van der Waals surface area contributed by atoms with Gasteiger partial charge in [0.15, 0.2) is 11.6 Å². The number of nitrogens with zero attached hydrogens (tertiary/aromatic N) is 4. The Kier molecular flexibility index (Phi) is 13.4. The molecule has 0 bridgehead atoms. The third-order valence-corrected chi connectivity index (χ3v) is 24.6. The zero-order valence-corrected chi connectivity index (χ0v) is 55.4. The van der Waals surface area contributed by atoms with Crippen LogP contribution in [-0.4, -0.2) is 11.6 Å². The van der Waals surface area contributed by atoms with Gasteiger partial charge in [-0.2, -0.15) is 21.0 Å². The van der Waals surface area contributed by atoms with Crippen molar-refractivity contribution >= 4 is 100 Å². The summed E-state index contributed by atoms with van der Waals surface area (Å²) < 4.78 is 2.37. The second kappa shape index (κ2) is 22.1. The average Bonchev–Trinajstić information content (AvgIpc) is 1.50. The number of hydrogen-bond donors (Lipinski definition) is 0. The van der Waals surface area contributed by atoms with Crippen molar-refractivity contribution in [1.29, 1.82) is 21.0 Å². The molecule has 0 amide bonds. The van der Waals surface area contributed by atoms with Crippen LogP contribution in [0.2, 0.25) is 0 Å². The molecule has 0 saturated carbocycles. The Morgan fingerprint density at radius 2 is 0.677 bits per heavy atom. The first-order chi connectivity index (χ1) is 46.8. The van der Waals surface area contributed by atoms with Crippen molar-refractivity contribution in [1.82, 2.24) is 0 Å². The molecule has 4 aromatic heterocycles. The van der Waals surface area contributed by atoms with Crippen LogP contribution < -0.4 is 0 Å². The van der Waals surface area contributed by atoms with Crippen molar-refractivity contribution in [2.75, 3.05) is 0 Å². The van der Waals surface area contributed by atoms with Crippen LogP contribution in [0.4, 0.5) is 0 Å². The molecular weight excluding hydrogens is 1250 g/mol. The van der Waals surface area contributed by atoms with E-state index >= 15 is 0 Å². The molecule has 9 aromatic carbocycles. The van der Waals surface area contributed by atoms with Crippen LogP contribution in [0.15, 0.2) is 241 Å². The number of thiophene rings is 4. The number of hydrogen-bond acceptors (Lipinski definition) is 10. The quantitative estimate of drug-likeness (QED) is 0.110. The number of rotatable bonds is 8. The number of fused-ring (bicyclic) bond motifs is 12. The zero-order valence-electron chi connectivity index (χ0n) is 52.2. The summed E-state index contributed by atoms with van der Waals surface area (Å²) in [6, 6.07) is 86.6. The molecule has 0 radical (unpaired) electrons. The Labute approximate surface area is 570 Å². The number of allylic oxidation sites excluding steroid dienone is 6. The lowest BCUT2D eigenvalue weighted by molar-refractivity contribution is 0.103. The SMILES string of the molecule is Cc1ccc(C2(c3ccc(C)cc3)c3cc4c(cc3-c3ccc5cc(-c6ccc(C=C7C(=O)c8ccccc8C7=C(C#N)C#N)s6)sc5c32)C(c2ccc(C)cc2)(c2ccc(C)cc2)c2c-4ccc3cc(-c4ccc(C=C5C(=O)c6ccccc6C5=C(C#N)C#N)s4)sc23)cc1. The van der Waals surface area contributed by atoms with Gasteiger partial charge in [0.1, 0.15) is 35.4 Å². The van der Waals surface area contributed by atoms with Gasteiger partial charge in [0, 0.05) is 72.1 Å². The Morgan fingerprint density at radius 1 is 0.344 bits per heavy atom. The van der Waals surface area contributed by atoms with E-state index in [1.165, 1.54) is 98.4 Å². The second-order valence-electron chi connectivity index (χ2n) is 25.2. The summed E-state index contributed by atoms with van der Waals surface area (Å²) in [7, 11) is 0. The average molecular weight is 1300 g/mol. The molecule has 0 saturated heterocycles. The lowest BCUT2D eigenvalue weighted by atomic mass is 9.65. The highest BCUT2D eigenvalue weighted by molar-refractivity contribution is 7.27. The maximum atomic E-state index is 14.1. The van der Waals surface area contributed by atoms with Gasteiger partial charge in [-0.25, -0.2) is 0 Å². The highest BCUT2D eigenvalue weighted by Gasteiger charge is 2.53. The van der Waals surface area contributed by atoms with Crippen molar-refractivity contribution in [2.24, 2.45) is 0 Å². The van der Waals surface area contributed by atoms with Crippen LogP contribution in [0.3, 0.4) is 0 Å². The van der Waals surface area contributed by atoms with Crippen LogP contribution in [-0.2, 0) is 10.8 Å². The van der Waals surface area contributed by atoms with Crippen LogP contribution in [0.5, 0.6) is 0 Å². The van der Waals surface area contributed by atoms with Gasteiger partial charge in [-0.15, -0.1) is 45.3 Å². The minimum absolute atomic E-state index is 0.0862. The summed E-state index contributed by atoms with van der Waals surface area (Å²) in [6.07, 6.45) is 3.68. The normalized spacial score (nSPS) is 15.0. The van der Waals surface area contributed by atoms with Crippen molar-refractivity contribution in [2.45, 2.75) is 38.5 Å². The Hall–Kier alpha value is -11.4. The first-order valence-corrected chi connectivity index (χ1v) is 34.7. The minimum atomic E-state index is -0.799. The van der Waals surface area contributed by atoms with Crippen molar-refractivity contribution < 1.29 is 9.59 Å². The summed E-state index contributed by atoms with van der Waals surface area (Å²) in [5.74, 6) is -0.404. The van der Waals surface area contributed by atoms with Crippen LogP contribution in [0.1, 0.15) is 108 Å². The predicted octanol–water partition coefficient (Wildman–Crippen LogP) is 21.7. The number of carbonyl (C=O) groups excluding carboxylic acids is 2. The molecule has 0 atom stereocenters. The van der Waals surface area contributed by atoms with E-state index in [0.29, 0.717) is 44.5 Å². The van der Waals surface area contributed by atoms with E-state index in [9.17, 15) is 30.6 Å². The summed E-state index contributed by atoms with van der Waals surface area (Å²) in [5, 5.41) is 42.7. The molecule has 0 N–H and O–H groups in total. The van der Waals surface area contributed by atoms with Gasteiger partial charge in [0.2, 0.25) is 0 Å². The lowest BCUT2D eigenvalue weighted by Gasteiger charge is -2.36. The largest absolute Gasteiger partial charge is 0.289 e. The van der Waals surface area contributed by atoms with Crippen LogP contribution in [0.25, 0.3) is 85.2 Å². The fraction of sp³-hybridized carbons (Fsp3) is 0.0698. The lowest BCUT2D eigenvalue weighted by Crippen LogP contribution is -2.30. The van der Waals surface area contributed by atoms with E-state index in [0.717, 1.165) is 40.0 Å². The Bertz CT molecular complexity index is 5460. The zero-order chi connectivity index (χ0) is 65.5. The van der Waals surface area contributed by atoms with Gasteiger partial charge in [-0.1, -0.05) is 192 Å². The molecule has 0 aliphatic heterocycles. The maximum absolute atomic E-state index is 14.1. The maximum Gasteiger partial charge on any atom is 0.194 e. The summed E-state index contributed by atoms with van der Waals surface area (Å²) >= 11 is 6.77. The van der Waals surface area contributed by atoms with Gasteiger partial charge in [0.05, 0.1) is 10.8 Å². The molecule has 17 rings (SSSR count). The first kappa shape index (κ1) is 58.4. The van der Waals surface area contributed by atoms with Gasteiger partial charge in [-0.05, 0) is 177 Å². The Balaban J connectivity index is 0.885. The molecule has 0 fully saturated rings. The highest BCUT2D eigenvalue weighted by atomic mass is 32.1. The molecule has 450 valence electrons. The summed E-state index contributed by atoms with van der Waals surface area (Å²) in [4.78, 5) is 34.1. The fourth-order valence-electron chi connectivity index (χ4n) is 15.4.